The number of aromatic nitrogens is 1. The highest BCUT2D eigenvalue weighted by atomic mass is 15.2. The number of pyridine rings is 1. The Labute approximate surface area is 218 Å². The molecule has 0 aliphatic heterocycles. The topological polar surface area (TPSA) is 16.1 Å². The molecule has 0 saturated heterocycles. The van der Waals surface area contributed by atoms with E-state index in [1.54, 1.807) is 0 Å². The zero-order valence-corrected chi connectivity index (χ0v) is 21.5. The molecular weight excluding hydrogens is 448 g/mol. The fourth-order valence-corrected chi connectivity index (χ4v) is 5.18. The summed E-state index contributed by atoms with van der Waals surface area (Å²) < 4.78 is 0. The summed E-state index contributed by atoms with van der Waals surface area (Å²) in [6, 6.07) is 43.1. The van der Waals surface area contributed by atoms with E-state index in [4.69, 9.17) is 4.98 Å². The predicted octanol–water partition coefficient (Wildman–Crippen LogP) is 9.82. The molecule has 1 heterocycles. The van der Waals surface area contributed by atoms with Gasteiger partial charge in [-0.25, -0.2) is 4.98 Å². The van der Waals surface area contributed by atoms with Gasteiger partial charge in [-0.05, 0) is 51.1 Å². The maximum atomic E-state index is 5.02. The van der Waals surface area contributed by atoms with Gasteiger partial charge in [-0.2, -0.15) is 0 Å². The van der Waals surface area contributed by atoms with Crippen molar-refractivity contribution >= 4 is 38.7 Å². The standard InChI is InChI=1S/C35H30N2/c1-35(2,3)26-22-23-32(36-24-26)37(27-16-8-5-9-17-27)34-30-20-12-10-18-28(30)33(25-14-6-4-7-15-25)29-19-11-13-21-31(29)34/h4-24H,1-3H3. The number of nitrogens with zero attached hydrogens (tertiary/aromatic N) is 2. The first-order valence-electron chi connectivity index (χ1n) is 12.8. The van der Waals surface area contributed by atoms with Crippen molar-refractivity contribution < 1.29 is 0 Å². The van der Waals surface area contributed by atoms with Crippen LogP contribution in [0.5, 0.6) is 0 Å². The summed E-state index contributed by atoms with van der Waals surface area (Å²) in [5.41, 5.74) is 5.98. The highest BCUT2D eigenvalue weighted by Crippen LogP contribution is 2.47. The lowest BCUT2D eigenvalue weighted by molar-refractivity contribution is 0.587. The Balaban J connectivity index is 1.71. The van der Waals surface area contributed by atoms with Crippen molar-refractivity contribution in [1.82, 2.24) is 4.98 Å². The van der Waals surface area contributed by atoms with Crippen LogP contribution in [0.15, 0.2) is 128 Å². The van der Waals surface area contributed by atoms with Crippen LogP contribution < -0.4 is 4.90 Å². The van der Waals surface area contributed by atoms with E-state index in [-0.39, 0.29) is 5.41 Å². The summed E-state index contributed by atoms with van der Waals surface area (Å²) in [5, 5.41) is 4.86. The molecule has 0 fully saturated rings. The number of fused-ring (bicyclic) bond motifs is 2. The Morgan fingerprint density at radius 1 is 0.541 bits per heavy atom. The Morgan fingerprint density at radius 2 is 1.05 bits per heavy atom. The lowest BCUT2D eigenvalue weighted by Gasteiger charge is -2.29. The molecule has 0 unspecified atom stereocenters. The van der Waals surface area contributed by atoms with Crippen LogP contribution in [0.25, 0.3) is 32.7 Å². The molecule has 0 amide bonds. The van der Waals surface area contributed by atoms with Crippen molar-refractivity contribution in [3.05, 3.63) is 133 Å². The number of rotatable bonds is 4. The molecule has 0 radical (unpaired) electrons. The molecule has 6 rings (SSSR count). The average Bonchev–Trinajstić information content (AvgIpc) is 2.94. The minimum atomic E-state index is 0.0415. The minimum Gasteiger partial charge on any atom is -0.294 e. The summed E-state index contributed by atoms with van der Waals surface area (Å²) in [6.45, 7) is 6.67. The van der Waals surface area contributed by atoms with Gasteiger partial charge in [0.25, 0.3) is 0 Å². The monoisotopic (exact) mass is 478 g/mol. The van der Waals surface area contributed by atoms with Gasteiger partial charge in [0, 0.05) is 22.7 Å². The van der Waals surface area contributed by atoms with Crippen LogP contribution in [0, 0.1) is 0 Å². The van der Waals surface area contributed by atoms with Gasteiger partial charge in [0.1, 0.15) is 5.82 Å². The second kappa shape index (κ2) is 9.22. The minimum absolute atomic E-state index is 0.0415. The predicted molar refractivity (Wildman–Crippen MR) is 158 cm³/mol. The lowest BCUT2D eigenvalue weighted by Crippen LogP contribution is -2.15. The fourth-order valence-electron chi connectivity index (χ4n) is 5.18. The number of benzene rings is 5. The molecule has 5 aromatic carbocycles. The summed E-state index contributed by atoms with van der Waals surface area (Å²) >= 11 is 0. The van der Waals surface area contributed by atoms with Crippen molar-refractivity contribution in [2.45, 2.75) is 26.2 Å². The molecule has 0 atom stereocenters. The molecule has 0 bridgehead atoms. The molecule has 2 nitrogen and oxygen atoms in total. The number of hydrogen-bond donors (Lipinski definition) is 0. The van der Waals surface area contributed by atoms with Gasteiger partial charge < -0.3 is 0 Å². The van der Waals surface area contributed by atoms with Crippen molar-refractivity contribution in [2.24, 2.45) is 0 Å². The molecule has 0 aliphatic carbocycles. The number of anilines is 3. The van der Waals surface area contributed by atoms with Gasteiger partial charge in [-0.1, -0.05) is 124 Å². The first kappa shape index (κ1) is 23.0. The maximum absolute atomic E-state index is 5.02. The van der Waals surface area contributed by atoms with Crippen LogP contribution in [-0.4, -0.2) is 4.98 Å². The highest BCUT2D eigenvalue weighted by Gasteiger charge is 2.23. The zero-order valence-electron chi connectivity index (χ0n) is 21.5. The Morgan fingerprint density at radius 3 is 1.57 bits per heavy atom. The van der Waals surface area contributed by atoms with Crippen LogP contribution in [-0.2, 0) is 5.41 Å². The molecule has 37 heavy (non-hydrogen) atoms. The molecule has 180 valence electrons. The largest absolute Gasteiger partial charge is 0.294 e. The van der Waals surface area contributed by atoms with E-state index in [2.05, 4.69) is 147 Å². The fraction of sp³-hybridized carbons (Fsp3) is 0.114. The number of hydrogen-bond acceptors (Lipinski definition) is 2. The third kappa shape index (κ3) is 4.15. The second-order valence-corrected chi connectivity index (χ2v) is 10.5. The van der Waals surface area contributed by atoms with Crippen molar-refractivity contribution in [3.63, 3.8) is 0 Å². The van der Waals surface area contributed by atoms with Crippen LogP contribution in [0.3, 0.4) is 0 Å². The Bertz CT molecular complexity index is 1620. The summed E-state index contributed by atoms with van der Waals surface area (Å²) in [4.78, 5) is 7.33. The van der Waals surface area contributed by atoms with Crippen molar-refractivity contribution in [3.8, 4) is 11.1 Å². The number of para-hydroxylation sites is 1. The second-order valence-electron chi connectivity index (χ2n) is 10.5. The van der Waals surface area contributed by atoms with E-state index in [9.17, 15) is 0 Å². The van der Waals surface area contributed by atoms with Crippen LogP contribution in [0.2, 0.25) is 0 Å². The first-order chi connectivity index (χ1) is 18.0. The van der Waals surface area contributed by atoms with Crippen LogP contribution in [0.4, 0.5) is 17.2 Å². The summed E-state index contributed by atoms with van der Waals surface area (Å²) in [7, 11) is 0. The molecule has 0 N–H and O–H groups in total. The third-order valence-corrected chi connectivity index (χ3v) is 7.05. The molecular formula is C35H30N2. The van der Waals surface area contributed by atoms with Gasteiger partial charge in [0.2, 0.25) is 0 Å². The lowest BCUT2D eigenvalue weighted by atomic mass is 9.88. The SMILES string of the molecule is CC(C)(C)c1ccc(N(c2ccccc2)c2c3ccccc3c(-c3ccccc3)c3ccccc23)nc1. The maximum Gasteiger partial charge on any atom is 0.137 e. The van der Waals surface area contributed by atoms with E-state index in [0.717, 1.165) is 17.2 Å². The van der Waals surface area contributed by atoms with Gasteiger partial charge in [-0.15, -0.1) is 0 Å². The summed E-state index contributed by atoms with van der Waals surface area (Å²) in [5.74, 6) is 0.905. The molecule has 0 aliphatic rings. The quantitative estimate of drug-likeness (QED) is 0.234. The summed E-state index contributed by atoms with van der Waals surface area (Å²) in [6.07, 6.45) is 2.02. The Hall–Kier alpha value is -4.43. The van der Waals surface area contributed by atoms with Gasteiger partial charge in [0.05, 0.1) is 5.69 Å². The first-order valence-corrected chi connectivity index (χ1v) is 12.8. The average molecular weight is 479 g/mol. The molecule has 6 aromatic rings. The van der Waals surface area contributed by atoms with Crippen molar-refractivity contribution in [2.75, 3.05) is 4.90 Å². The van der Waals surface area contributed by atoms with E-state index >= 15 is 0 Å². The molecule has 0 saturated carbocycles. The van der Waals surface area contributed by atoms with E-state index in [1.807, 2.05) is 6.20 Å². The zero-order chi connectivity index (χ0) is 25.4. The molecule has 0 spiro atoms. The van der Waals surface area contributed by atoms with Crippen LogP contribution >= 0.6 is 0 Å². The normalized spacial score (nSPS) is 11.6. The molecule has 2 heteroatoms. The molecule has 1 aromatic heterocycles. The van der Waals surface area contributed by atoms with E-state index in [0.29, 0.717) is 0 Å². The van der Waals surface area contributed by atoms with Crippen molar-refractivity contribution in [1.29, 1.82) is 0 Å². The van der Waals surface area contributed by atoms with E-state index < -0.39 is 0 Å². The Kier molecular flexibility index (Phi) is 5.73. The third-order valence-electron chi connectivity index (χ3n) is 7.05. The smallest absolute Gasteiger partial charge is 0.137 e. The van der Waals surface area contributed by atoms with Gasteiger partial charge >= 0.3 is 0 Å². The highest BCUT2D eigenvalue weighted by molar-refractivity contribution is 6.22. The van der Waals surface area contributed by atoms with Crippen LogP contribution in [0.1, 0.15) is 26.3 Å². The van der Waals surface area contributed by atoms with Gasteiger partial charge in [-0.3, -0.25) is 4.90 Å². The van der Waals surface area contributed by atoms with E-state index in [1.165, 1.54) is 38.2 Å². The van der Waals surface area contributed by atoms with Gasteiger partial charge in [0.15, 0.2) is 0 Å².